The van der Waals surface area contributed by atoms with Crippen molar-refractivity contribution in [3.8, 4) is 11.4 Å². The van der Waals surface area contributed by atoms with Crippen molar-refractivity contribution in [1.29, 1.82) is 0 Å². The number of hydrogen-bond acceptors (Lipinski definition) is 8. The molecule has 1 amide bonds. The molecule has 0 bridgehead atoms. The molecule has 0 aliphatic heterocycles. The fourth-order valence-corrected chi connectivity index (χ4v) is 6.10. The first-order chi connectivity index (χ1) is 15.3. The maximum atomic E-state index is 12.7. The van der Waals surface area contributed by atoms with Crippen LogP contribution in [-0.4, -0.2) is 39.5 Å². The second kappa shape index (κ2) is 10.5. The van der Waals surface area contributed by atoms with Crippen LogP contribution in [0.25, 0.3) is 11.4 Å². The SMILES string of the molecule is C=CCn1c(SCC(=O)Nc2sc(C)c(C)c2C(=O)OC)nnc1-c1csc(C)c1CC. The van der Waals surface area contributed by atoms with E-state index in [4.69, 9.17) is 4.74 Å². The highest BCUT2D eigenvalue weighted by atomic mass is 32.2. The molecule has 0 spiro atoms. The van der Waals surface area contributed by atoms with E-state index in [1.54, 1.807) is 17.4 Å². The maximum absolute atomic E-state index is 12.7. The van der Waals surface area contributed by atoms with Crippen molar-refractivity contribution in [2.24, 2.45) is 0 Å². The summed E-state index contributed by atoms with van der Waals surface area (Å²) >= 11 is 4.37. The van der Waals surface area contributed by atoms with E-state index in [-0.39, 0.29) is 11.7 Å². The molecule has 0 saturated heterocycles. The number of methoxy groups -OCH3 is 1. The zero-order valence-corrected chi connectivity index (χ0v) is 21.2. The van der Waals surface area contributed by atoms with E-state index in [2.05, 4.69) is 41.3 Å². The summed E-state index contributed by atoms with van der Waals surface area (Å²) in [6, 6.07) is 0. The van der Waals surface area contributed by atoms with Gasteiger partial charge in [0.05, 0.1) is 18.4 Å². The molecule has 0 aliphatic rings. The van der Waals surface area contributed by atoms with Crippen molar-refractivity contribution in [2.75, 3.05) is 18.2 Å². The van der Waals surface area contributed by atoms with Gasteiger partial charge in [-0.1, -0.05) is 24.8 Å². The summed E-state index contributed by atoms with van der Waals surface area (Å²) in [4.78, 5) is 27.0. The number of nitrogens with one attached hydrogen (secondary N) is 1. The van der Waals surface area contributed by atoms with Gasteiger partial charge in [0.25, 0.3) is 0 Å². The van der Waals surface area contributed by atoms with Crippen molar-refractivity contribution in [2.45, 2.75) is 45.8 Å². The van der Waals surface area contributed by atoms with Gasteiger partial charge < -0.3 is 10.1 Å². The largest absolute Gasteiger partial charge is 0.465 e. The zero-order chi connectivity index (χ0) is 23.4. The number of ether oxygens (including phenoxy) is 1. The molecule has 0 aliphatic carbocycles. The van der Waals surface area contributed by atoms with E-state index in [1.807, 2.05) is 18.4 Å². The summed E-state index contributed by atoms with van der Waals surface area (Å²) in [5, 5.41) is 14.9. The van der Waals surface area contributed by atoms with Crippen LogP contribution in [0.5, 0.6) is 0 Å². The summed E-state index contributed by atoms with van der Waals surface area (Å²) in [5.74, 6) is 0.237. The zero-order valence-electron chi connectivity index (χ0n) is 18.8. The van der Waals surface area contributed by atoms with Crippen LogP contribution in [-0.2, 0) is 22.5 Å². The number of carbonyl (C=O) groups excluding carboxylic acids is 2. The third-order valence-corrected chi connectivity index (χ3v) is 8.13. The third kappa shape index (κ3) is 4.82. The fourth-order valence-electron chi connectivity index (χ4n) is 3.35. The Kier molecular flexibility index (Phi) is 7.91. The Labute approximate surface area is 199 Å². The third-order valence-electron chi connectivity index (χ3n) is 5.09. The second-order valence-corrected chi connectivity index (χ2v) is 10.3. The molecule has 0 fully saturated rings. The molecule has 32 heavy (non-hydrogen) atoms. The summed E-state index contributed by atoms with van der Waals surface area (Å²) in [5.41, 5.74) is 3.57. The first-order valence-corrected chi connectivity index (χ1v) is 12.7. The number of rotatable bonds is 9. The molecule has 10 heteroatoms. The number of thiophene rings is 2. The number of allylic oxidation sites excluding steroid dienone is 1. The minimum atomic E-state index is -0.456. The maximum Gasteiger partial charge on any atom is 0.341 e. The smallest absolute Gasteiger partial charge is 0.341 e. The molecule has 170 valence electrons. The van der Waals surface area contributed by atoms with Gasteiger partial charge >= 0.3 is 5.97 Å². The lowest BCUT2D eigenvalue weighted by Crippen LogP contribution is -2.16. The monoisotopic (exact) mass is 490 g/mol. The molecular formula is C22H26N4O3S3. The summed E-state index contributed by atoms with van der Waals surface area (Å²) in [7, 11) is 1.33. The van der Waals surface area contributed by atoms with E-state index in [9.17, 15) is 9.59 Å². The van der Waals surface area contributed by atoms with E-state index < -0.39 is 5.97 Å². The van der Waals surface area contributed by atoms with Crippen LogP contribution in [0, 0.1) is 20.8 Å². The first kappa shape index (κ1) is 24.2. The van der Waals surface area contributed by atoms with Gasteiger partial charge in [-0.05, 0) is 38.3 Å². The number of esters is 1. The molecule has 3 heterocycles. The first-order valence-electron chi connectivity index (χ1n) is 10.0. The number of anilines is 1. The topological polar surface area (TPSA) is 86.1 Å². The number of amides is 1. The minimum absolute atomic E-state index is 0.134. The van der Waals surface area contributed by atoms with E-state index >= 15 is 0 Å². The summed E-state index contributed by atoms with van der Waals surface area (Å²) < 4.78 is 6.85. The Morgan fingerprint density at radius 3 is 2.69 bits per heavy atom. The molecule has 3 rings (SSSR count). The van der Waals surface area contributed by atoms with Gasteiger partial charge in [0.1, 0.15) is 5.00 Å². The fraction of sp³-hybridized carbons (Fsp3) is 0.364. The summed E-state index contributed by atoms with van der Waals surface area (Å²) in [6.07, 6.45) is 2.71. The van der Waals surface area contributed by atoms with Gasteiger partial charge in [0.15, 0.2) is 11.0 Å². The Hall–Kier alpha value is -2.43. The Morgan fingerprint density at radius 2 is 2.03 bits per heavy atom. The van der Waals surface area contributed by atoms with Crippen molar-refractivity contribution < 1.29 is 14.3 Å². The van der Waals surface area contributed by atoms with Crippen LogP contribution in [0.15, 0.2) is 23.2 Å². The highest BCUT2D eigenvalue weighted by molar-refractivity contribution is 7.99. The van der Waals surface area contributed by atoms with Crippen LogP contribution in [0.3, 0.4) is 0 Å². The average molecular weight is 491 g/mol. The van der Waals surface area contributed by atoms with Gasteiger partial charge in [-0.25, -0.2) is 4.79 Å². The predicted molar refractivity (Wildman–Crippen MR) is 132 cm³/mol. The standard InChI is InChI=1S/C22H26N4O3S3/c1-7-9-26-19(16-10-30-14(5)15(16)8-2)24-25-22(26)31-11-17(27)23-20-18(21(28)29-6)12(3)13(4)32-20/h7,10H,1,8-9,11H2,2-6H3,(H,23,27). The molecule has 0 radical (unpaired) electrons. The van der Waals surface area contributed by atoms with Gasteiger partial charge in [0, 0.05) is 27.2 Å². The van der Waals surface area contributed by atoms with Crippen molar-refractivity contribution in [3.05, 3.63) is 44.5 Å². The quantitative estimate of drug-likeness (QED) is 0.250. The Balaban J connectivity index is 1.78. The van der Waals surface area contributed by atoms with Crippen LogP contribution in [0.2, 0.25) is 0 Å². The molecule has 0 saturated carbocycles. The van der Waals surface area contributed by atoms with Crippen LogP contribution in [0.1, 0.15) is 38.2 Å². The molecular weight excluding hydrogens is 464 g/mol. The molecule has 3 aromatic rings. The minimum Gasteiger partial charge on any atom is -0.465 e. The van der Waals surface area contributed by atoms with Crippen molar-refractivity contribution >= 4 is 51.3 Å². The molecule has 0 atom stereocenters. The molecule has 0 aromatic carbocycles. The van der Waals surface area contributed by atoms with Crippen LogP contribution in [0.4, 0.5) is 5.00 Å². The van der Waals surface area contributed by atoms with E-state index in [1.165, 1.54) is 40.6 Å². The predicted octanol–water partition coefficient (Wildman–Crippen LogP) is 5.26. The molecule has 1 N–H and O–H groups in total. The van der Waals surface area contributed by atoms with E-state index in [0.717, 1.165) is 28.2 Å². The number of hydrogen-bond donors (Lipinski definition) is 1. The highest BCUT2D eigenvalue weighted by Gasteiger charge is 2.23. The van der Waals surface area contributed by atoms with Gasteiger partial charge in [-0.3, -0.25) is 9.36 Å². The molecule has 0 unspecified atom stereocenters. The van der Waals surface area contributed by atoms with E-state index in [0.29, 0.717) is 22.3 Å². The highest BCUT2D eigenvalue weighted by Crippen LogP contribution is 2.34. The van der Waals surface area contributed by atoms with Crippen molar-refractivity contribution in [1.82, 2.24) is 14.8 Å². The van der Waals surface area contributed by atoms with Gasteiger partial charge in [-0.15, -0.1) is 39.4 Å². The number of carbonyl (C=O) groups is 2. The van der Waals surface area contributed by atoms with Crippen LogP contribution >= 0.6 is 34.4 Å². The number of aromatic nitrogens is 3. The Morgan fingerprint density at radius 1 is 1.28 bits per heavy atom. The normalized spacial score (nSPS) is 10.9. The lowest BCUT2D eigenvalue weighted by molar-refractivity contribution is -0.113. The van der Waals surface area contributed by atoms with Crippen molar-refractivity contribution in [3.63, 3.8) is 0 Å². The number of nitrogens with zero attached hydrogens (tertiary/aromatic N) is 3. The van der Waals surface area contributed by atoms with Gasteiger partial charge in [0.2, 0.25) is 5.91 Å². The number of thioether (sulfide) groups is 1. The lowest BCUT2D eigenvalue weighted by Gasteiger charge is -2.09. The average Bonchev–Trinajstić information content (AvgIpc) is 3.42. The van der Waals surface area contributed by atoms with Gasteiger partial charge in [-0.2, -0.15) is 0 Å². The molecule has 3 aromatic heterocycles. The number of aryl methyl sites for hydroxylation is 2. The Bertz CT molecular complexity index is 1160. The van der Waals surface area contributed by atoms with Crippen LogP contribution < -0.4 is 5.32 Å². The lowest BCUT2D eigenvalue weighted by atomic mass is 10.1. The molecule has 7 nitrogen and oxygen atoms in total. The second-order valence-electron chi connectivity index (χ2n) is 7.06. The summed E-state index contributed by atoms with van der Waals surface area (Å²) in [6.45, 7) is 12.4.